The van der Waals surface area contributed by atoms with Crippen LogP contribution in [0.25, 0.3) is 0 Å². The van der Waals surface area contributed by atoms with Crippen LogP contribution in [0.15, 0.2) is 4.99 Å². The normalized spacial score (nSPS) is 30.4. The SMILES string of the molecule is CN=C(NCC1(O)CCC1)NC1CCN(C2CCCC2)C1. The third kappa shape index (κ3) is 3.69. The Morgan fingerprint density at radius 2 is 2.00 bits per heavy atom. The van der Waals surface area contributed by atoms with Crippen molar-refractivity contribution in [3.05, 3.63) is 0 Å². The molecule has 21 heavy (non-hydrogen) atoms. The van der Waals surface area contributed by atoms with Crippen LogP contribution in [0.5, 0.6) is 0 Å². The van der Waals surface area contributed by atoms with Gasteiger partial charge in [0.1, 0.15) is 0 Å². The number of guanidine groups is 1. The van der Waals surface area contributed by atoms with Gasteiger partial charge in [-0.25, -0.2) is 0 Å². The van der Waals surface area contributed by atoms with Crippen molar-refractivity contribution in [2.75, 3.05) is 26.7 Å². The second-order valence-corrected chi connectivity index (χ2v) is 7.07. The van der Waals surface area contributed by atoms with Crippen LogP contribution in [0.1, 0.15) is 51.4 Å². The van der Waals surface area contributed by atoms with Crippen molar-refractivity contribution in [3.8, 4) is 0 Å². The first kappa shape index (κ1) is 15.1. The van der Waals surface area contributed by atoms with Crippen LogP contribution in [0.4, 0.5) is 0 Å². The molecule has 0 spiro atoms. The Balaban J connectivity index is 1.42. The molecule has 0 bridgehead atoms. The summed E-state index contributed by atoms with van der Waals surface area (Å²) in [5.74, 6) is 0.841. The van der Waals surface area contributed by atoms with Gasteiger partial charge in [0.15, 0.2) is 5.96 Å². The number of nitrogens with one attached hydrogen (secondary N) is 2. The van der Waals surface area contributed by atoms with Crippen LogP contribution >= 0.6 is 0 Å². The zero-order valence-electron chi connectivity index (χ0n) is 13.3. The Labute approximate surface area is 128 Å². The van der Waals surface area contributed by atoms with Crippen LogP contribution in [0, 0.1) is 0 Å². The maximum Gasteiger partial charge on any atom is 0.191 e. The molecule has 5 heteroatoms. The van der Waals surface area contributed by atoms with Gasteiger partial charge in [-0.1, -0.05) is 12.8 Å². The largest absolute Gasteiger partial charge is 0.388 e. The zero-order valence-corrected chi connectivity index (χ0v) is 13.3. The standard InChI is InChI=1S/C16H30N4O/c1-17-15(18-12-16(21)8-4-9-16)19-13-7-10-20(11-13)14-5-2-3-6-14/h13-14,21H,2-12H2,1H3,(H2,17,18,19). The Hall–Kier alpha value is -0.810. The molecule has 120 valence electrons. The molecule has 1 atom stereocenters. The molecule has 3 fully saturated rings. The monoisotopic (exact) mass is 294 g/mol. The number of nitrogens with zero attached hydrogens (tertiary/aromatic N) is 2. The first-order chi connectivity index (χ1) is 10.2. The third-order valence-electron chi connectivity index (χ3n) is 5.49. The Bertz CT molecular complexity index is 374. The molecule has 0 aromatic heterocycles. The van der Waals surface area contributed by atoms with E-state index in [-0.39, 0.29) is 0 Å². The minimum atomic E-state index is -0.497. The second-order valence-electron chi connectivity index (χ2n) is 7.07. The van der Waals surface area contributed by atoms with E-state index in [0.717, 1.165) is 37.8 Å². The number of rotatable bonds is 4. The van der Waals surface area contributed by atoms with E-state index in [4.69, 9.17) is 0 Å². The maximum absolute atomic E-state index is 10.1. The molecule has 3 rings (SSSR count). The van der Waals surface area contributed by atoms with Gasteiger partial charge in [0.05, 0.1) is 5.60 Å². The minimum absolute atomic E-state index is 0.493. The molecule has 1 heterocycles. The van der Waals surface area contributed by atoms with Crippen LogP contribution < -0.4 is 10.6 Å². The molecule has 3 N–H and O–H groups in total. The maximum atomic E-state index is 10.1. The van der Waals surface area contributed by atoms with E-state index < -0.39 is 5.60 Å². The lowest BCUT2D eigenvalue weighted by atomic mass is 9.80. The molecule has 1 aliphatic heterocycles. The highest BCUT2D eigenvalue weighted by Gasteiger charge is 2.35. The van der Waals surface area contributed by atoms with E-state index in [0.29, 0.717) is 12.6 Å². The van der Waals surface area contributed by atoms with E-state index in [1.54, 1.807) is 0 Å². The summed E-state index contributed by atoms with van der Waals surface area (Å²) in [5.41, 5.74) is -0.497. The lowest BCUT2D eigenvalue weighted by molar-refractivity contribution is -0.0279. The highest BCUT2D eigenvalue weighted by molar-refractivity contribution is 5.80. The van der Waals surface area contributed by atoms with Crippen molar-refractivity contribution < 1.29 is 5.11 Å². The highest BCUT2D eigenvalue weighted by atomic mass is 16.3. The molecule has 2 saturated carbocycles. The summed E-state index contributed by atoms with van der Waals surface area (Å²) >= 11 is 0. The average Bonchev–Trinajstić information content (AvgIpc) is 3.11. The smallest absolute Gasteiger partial charge is 0.191 e. The summed E-state index contributed by atoms with van der Waals surface area (Å²) in [5, 5.41) is 17.0. The molecule has 1 saturated heterocycles. The molecular weight excluding hydrogens is 264 g/mol. The quantitative estimate of drug-likeness (QED) is 0.536. The van der Waals surface area contributed by atoms with Gasteiger partial charge in [-0.15, -0.1) is 0 Å². The number of aliphatic imine (C=N–C) groups is 1. The molecule has 0 aromatic carbocycles. The van der Waals surface area contributed by atoms with Crippen molar-refractivity contribution in [1.29, 1.82) is 0 Å². The Morgan fingerprint density at radius 1 is 1.24 bits per heavy atom. The molecule has 2 aliphatic carbocycles. The van der Waals surface area contributed by atoms with E-state index in [1.165, 1.54) is 38.6 Å². The molecule has 1 unspecified atom stereocenters. The average molecular weight is 294 g/mol. The fourth-order valence-electron chi connectivity index (χ4n) is 3.90. The van der Waals surface area contributed by atoms with Crippen LogP contribution in [-0.4, -0.2) is 60.3 Å². The van der Waals surface area contributed by atoms with Crippen molar-refractivity contribution in [2.45, 2.75) is 69.1 Å². The van der Waals surface area contributed by atoms with Gasteiger partial charge >= 0.3 is 0 Å². The van der Waals surface area contributed by atoms with Gasteiger partial charge in [0.25, 0.3) is 0 Å². The van der Waals surface area contributed by atoms with E-state index >= 15 is 0 Å². The van der Waals surface area contributed by atoms with Gasteiger partial charge in [-0.3, -0.25) is 9.89 Å². The van der Waals surface area contributed by atoms with Crippen molar-refractivity contribution in [2.24, 2.45) is 4.99 Å². The summed E-state index contributed by atoms with van der Waals surface area (Å²) in [6, 6.07) is 1.32. The Kier molecular flexibility index (Phi) is 4.69. The van der Waals surface area contributed by atoms with Crippen LogP contribution in [-0.2, 0) is 0 Å². The van der Waals surface area contributed by atoms with Crippen molar-refractivity contribution >= 4 is 5.96 Å². The first-order valence-electron chi connectivity index (χ1n) is 8.62. The van der Waals surface area contributed by atoms with E-state index in [2.05, 4.69) is 20.5 Å². The summed E-state index contributed by atoms with van der Waals surface area (Å²) in [6.45, 7) is 2.96. The third-order valence-corrected chi connectivity index (χ3v) is 5.49. The second kappa shape index (κ2) is 6.53. The molecular formula is C16H30N4O. The molecule has 3 aliphatic rings. The van der Waals surface area contributed by atoms with Crippen LogP contribution in [0.3, 0.4) is 0 Å². The van der Waals surface area contributed by atoms with Gasteiger partial charge < -0.3 is 15.7 Å². The van der Waals surface area contributed by atoms with E-state index in [1.807, 2.05) is 7.05 Å². The van der Waals surface area contributed by atoms with Crippen molar-refractivity contribution in [3.63, 3.8) is 0 Å². The van der Waals surface area contributed by atoms with Gasteiger partial charge in [0.2, 0.25) is 0 Å². The minimum Gasteiger partial charge on any atom is -0.388 e. The lowest BCUT2D eigenvalue weighted by Gasteiger charge is -2.37. The van der Waals surface area contributed by atoms with Gasteiger partial charge in [-0.2, -0.15) is 0 Å². The molecule has 5 nitrogen and oxygen atoms in total. The predicted octanol–water partition coefficient (Wildman–Crippen LogP) is 1.08. The van der Waals surface area contributed by atoms with Crippen LogP contribution in [0.2, 0.25) is 0 Å². The van der Waals surface area contributed by atoms with Crippen molar-refractivity contribution in [1.82, 2.24) is 15.5 Å². The summed E-state index contributed by atoms with van der Waals surface area (Å²) in [6.07, 6.45) is 9.73. The molecule has 0 amide bonds. The summed E-state index contributed by atoms with van der Waals surface area (Å²) < 4.78 is 0. The lowest BCUT2D eigenvalue weighted by Crippen LogP contribution is -2.52. The zero-order chi connectivity index (χ0) is 14.7. The molecule has 0 aromatic rings. The summed E-state index contributed by atoms with van der Waals surface area (Å²) in [4.78, 5) is 6.95. The number of aliphatic hydroxyl groups is 1. The number of hydrogen-bond donors (Lipinski definition) is 3. The van der Waals surface area contributed by atoms with Gasteiger partial charge in [0, 0.05) is 38.8 Å². The van der Waals surface area contributed by atoms with Gasteiger partial charge in [-0.05, 0) is 38.5 Å². The number of likely N-dealkylation sites (tertiary alicyclic amines) is 1. The van der Waals surface area contributed by atoms with E-state index in [9.17, 15) is 5.11 Å². The summed E-state index contributed by atoms with van der Waals surface area (Å²) in [7, 11) is 1.81. The predicted molar refractivity (Wildman–Crippen MR) is 85.5 cm³/mol. The fraction of sp³-hybridized carbons (Fsp3) is 0.938. The molecule has 0 radical (unpaired) electrons. The fourth-order valence-corrected chi connectivity index (χ4v) is 3.90. The Morgan fingerprint density at radius 3 is 2.62 bits per heavy atom. The number of hydrogen-bond acceptors (Lipinski definition) is 3. The first-order valence-corrected chi connectivity index (χ1v) is 8.62. The highest BCUT2D eigenvalue weighted by Crippen LogP contribution is 2.30. The topological polar surface area (TPSA) is 59.9 Å².